The van der Waals surface area contributed by atoms with E-state index in [0.717, 1.165) is 13.0 Å². The Morgan fingerprint density at radius 3 is 1.85 bits per heavy atom. The highest BCUT2D eigenvalue weighted by Gasteiger charge is 2.11. The van der Waals surface area contributed by atoms with Crippen molar-refractivity contribution < 1.29 is 4.79 Å². The molecule has 0 bridgehead atoms. The largest absolute Gasteiger partial charge is 0.370 e. The van der Waals surface area contributed by atoms with Gasteiger partial charge in [0.2, 0.25) is 5.91 Å². The predicted octanol–water partition coefficient (Wildman–Crippen LogP) is 3.18. The Bertz CT molecular complexity index is 356. The van der Waals surface area contributed by atoms with Crippen LogP contribution in [-0.2, 0) is 4.79 Å². The Kier molecular flexibility index (Phi) is 17.6. The van der Waals surface area contributed by atoms with Crippen LogP contribution in [0.2, 0.25) is 0 Å². The van der Waals surface area contributed by atoms with E-state index in [1.165, 1.54) is 70.6 Å². The molecule has 0 aromatic carbocycles. The molecular weight excluding hydrogens is 326 g/mol. The van der Waals surface area contributed by atoms with Crippen LogP contribution in [0.1, 0.15) is 96.8 Å². The smallest absolute Gasteiger partial charge is 0.236 e. The fourth-order valence-electron chi connectivity index (χ4n) is 2.96. The molecule has 0 radical (unpaired) electrons. The number of amides is 1. The molecule has 1 atom stereocenters. The van der Waals surface area contributed by atoms with Gasteiger partial charge < -0.3 is 22.5 Å². The first kappa shape index (κ1) is 24.7. The number of carbonyl (C=O) groups excluding carboxylic acids is 1. The van der Waals surface area contributed by atoms with Crippen molar-refractivity contribution in [1.82, 2.24) is 5.32 Å². The topological polar surface area (TPSA) is 120 Å². The first-order chi connectivity index (χ1) is 12.6. The van der Waals surface area contributed by atoms with Gasteiger partial charge in [0.1, 0.15) is 0 Å². The molecule has 0 heterocycles. The number of nitrogens with zero attached hydrogens (tertiary/aromatic N) is 1. The molecular formula is C20H43N5O. The van der Waals surface area contributed by atoms with E-state index < -0.39 is 6.04 Å². The van der Waals surface area contributed by atoms with Gasteiger partial charge in [-0.1, -0.05) is 77.6 Å². The zero-order valence-electron chi connectivity index (χ0n) is 17.0. The van der Waals surface area contributed by atoms with Crippen LogP contribution in [0.3, 0.4) is 0 Å². The van der Waals surface area contributed by atoms with Crippen LogP contribution in [0.4, 0.5) is 0 Å². The van der Waals surface area contributed by atoms with E-state index in [-0.39, 0.29) is 11.9 Å². The summed E-state index contributed by atoms with van der Waals surface area (Å²) in [6, 6.07) is -0.471. The molecule has 0 aromatic heterocycles. The summed E-state index contributed by atoms with van der Waals surface area (Å²) >= 11 is 0. The van der Waals surface area contributed by atoms with Gasteiger partial charge in [0.05, 0.1) is 6.04 Å². The van der Waals surface area contributed by atoms with Crippen LogP contribution in [-0.4, -0.2) is 31.0 Å². The summed E-state index contributed by atoms with van der Waals surface area (Å²) in [5.74, 6) is 0.00719. The highest BCUT2D eigenvalue weighted by molar-refractivity contribution is 5.81. The second-order valence-electron chi connectivity index (χ2n) is 7.24. The Labute approximate surface area is 160 Å². The van der Waals surface area contributed by atoms with Crippen LogP contribution in [0, 0.1) is 0 Å². The van der Waals surface area contributed by atoms with Gasteiger partial charge in [-0.15, -0.1) is 0 Å². The molecule has 0 aliphatic heterocycles. The predicted molar refractivity (Wildman–Crippen MR) is 112 cm³/mol. The Morgan fingerprint density at radius 2 is 1.35 bits per heavy atom. The lowest BCUT2D eigenvalue weighted by Crippen LogP contribution is -2.41. The molecule has 0 spiro atoms. The third kappa shape index (κ3) is 17.5. The van der Waals surface area contributed by atoms with Crippen LogP contribution in [0.25, 0.3) is 0 Å². The van der Waals surface area contributed by atoms with E-state index in [2.05, 4.69) is 17.2 Å². The summed E-state index contributed by atoms with van der Waals surface area (Å²) in [6.45, 7) is 3.50. The lowest BCUT2D eigenvalue weighted by Gasteiger charge is -2.11. The van der Waals surface area contributed by atoms with Gasteiger partial charge in [-0.25, -0.2) is 0 Å². The molecule has 1 amide bonds. The van der Waals surface area contributed by atoms with Crippen LogP contribution in [0.15, 0.2) is 4.99 Å². The molecule has 26 heavy (non-hydrogen) atoms. The van der Waals surface area contributed by atoms with E-state index in [4.69, 9.17) is 17.2 Å². The Morgan fingerprint density at radius 1 is 0.846 bits per heavy atom. The number of hydrogen-bond donors (Lipinski definition) is 4. The quantitative estimate of drug-likeness (QED) is 0.168. The first-order valence-corrected chi connectivity index (χ1v) is 10.7. The molecule has 154 valence electrons. The van der Waals surface area contributed by atoms with E-state index in [9.17, 15) is 4.79 Å². The lowest BCUT2D eigenvalue weighted by atomic mass is 10.1. The Hall–Kier alpha value is -1.30. The number of aliphatic imine (C=N–C) groups is 1. The van der Waals surface area contributed by atoms with Crippen molar-refractivity contribution in [3.05, 3.63) is 0 Å². The van der Waals surface area contributed by atoms with Crippen molar-refractivity contribution in [3.63, 3.8) is 0 Å². The number of carbonyl (C=O) groups is 1. The van der Waals surface area contributed by atoms with Crippen LogP contribution < -0.4 is 22.5 Å². The molecule has 6 nitrogen and oxygen atoms in total. The number of rotatable bonds is 18. The van der Waals surface area contributed by atoms with Crippen molar-refractivity contribution >= 4 is 11.9 Å². The van der Waals surface area contributed by atoms with Gasteiger partial charge in [-0.2, -0.15) is 0 Å². The fourth-order valence-corrected chi connectivity index (χ4v) is 2.96. The van der Waals surface area contributed by atoms with E-state index in [1.807, 2.05) is 0 Å². The maximum Gasteiger partial charge on any atom is 0.236 e. The number of nitrogens with two attached hydrogens (primary N) is 3. The number of nitrogens with one attached hydrogen (secondary N) is 1. The molecule has 7 N–H and O–H groups in total. The molecule has 0 aromatic rings. The molecule has 0 aliphatic rings. The maximum atomic E-state index is 11.9. The number of guanidine groups is 1. The van der Waals surface area contributed by atoms with Gasteiger partial charge >= 0.3 is 0 Å². The normalized spacial score (nSPS) is 11.9. The molecule has 0 rings (SSSR count). The minimum absolute atomic E-state index is 0.0715. The monoisotopic (exact) mass is 369 g/mol. The van der Waals surface area contributed by atoms with Crippen molar-refractivity contribution in [1.29, 1.82) is 0 Å². The summed E-state index contributed by atoms with van der Waals surface area (Å²) in [5.41, 5.74) is 16.4. The third-order valence-corrected chi connectivity index (χ3v) is 4.63. The molecule has 6 heteroatoms. The fraction of sp³-hybridized carbons (Fsp3) is 0.900. The van der Waals surface area contributed by atoms with Gasteiger partial charge in [-0.05, 0) is 19.3 Å². The molecule has 1 unspecified atom stereocenters. The third-order valence-electron chi connectivity index (χ3n) is 4.63. The average molecular weight is 370 g/mol. The van der Waals surface area contributed by atoms with E-state index >= 15 is 0 Å². The van der Waals surface area contributed by atoms with Gasteiger partial charge in [0.25, 0.3) is 0 Å². The first-order valence-electron chi connectivity index (χ1n) is 10.7. The lowest BCUT2D eigenvalue weighted by molar-refractivity contribution is -0.122. The average Bonchev–Trinajstić information content (AvgIpc) is 2.62. The van der Waals surface area contributed by atoms with Crippen LogP contribution in [0.5, 0.6) is 0 Å². The SMILES string of the molecule is CCCCCCCCCCCCCCNC(=O)C(N)CCCN=C(N)N. The Balaban J connectivity index is 3.33. The number of hydrogen-bond acceptors (Lipinski definition) is 3. The van der Waals surface area contributed by atoms with Crippen molar-refractivity contribution in [2.45, 2.75) is 103 Å². The van der Waals surface area contributed by atoms with Crippen molar-refractivity contribution in [2.24, 2.45) is 22.2 Å². The second-order valence-corrected chi connectivity index (χ2v) is 7.24. The summed E-state index contributed by atoms with van der Waals surface area (Å²) in [6.07, 6.45) is 17.1. The maximum absolute atomic E-state index is 11.9. The zero-order chi connectivity index (χ0) is 19.5. The van der Waals surface area contributed by atoms with Crippen molar-refractivity contribution in [3.8, 4) is 0 Å². The number of unbranched alkanes of at least 4 members (excludes halogenated alkanes) is 11. The standard InChI is InChI=1S/C20H43N5O/c1-2-3-4-5-6-7-8-9-10-11-12-13-16-24-19(26)18(21)15-14-17-25-20(22)23/h18H,2-17,21H2,1H3,(H,24,26)(H4,22,23,25). The summed E-state index contributed by atoms with van der Waals surface area (Å²) in [7, 11) is 0. The highest BCUT2D eigenvalue weighted by Crippen LogP contribution is 2.11. The second kappa shape index (κ2) is 18.5. The van der Waals surface area contributed by atoms with Gasteiger partial charge in [0, 0.05) is 13.1 Å². The van der Waals surface area contributed by atoms with Gasteiger partial charge in [0.15, 0.2) is 5.96 Å². The minimum atomic E-state index is -0.471. The van der Waals surface area contributed by atoms with E-state index in [0.29, 0.717) is 19.4 Å². The van der Waals surface area contributed by atoms with Gasteiger partial charge in [-0.3, -0.25) is 9.79 Å². The molecule has 0 aliphatic carbocycles. The minimum Gasteiger partial charge on any atom is -0.370 e. The molecule has 0 saturated carbocycles. The highest BCUT2D eigenvalue weighted by atomic mass is 16.2. The molecule has 0 fully saturated rings. The summed E-state index contributed by atoms with van der Waals surface area (Å²) < 4.78 is 0. The van der Waals surface area contributed by atoms with E-state index in [1.54, 1.807) is 0 Å². The zero-order valence-corrected chi connectivity index (χ0v) is 17.0. The summed E-state index contributed by atoms with van der Waals surface area (Å²) in [4.78, 5) is 15.7. The van der Waals surface area contributed by atoms with Crippen molar-refractivity contribution in [2.75, 3.05) is 13.1 Å². The molecule has 0 saturated heterocycles. The summed E-state index contributed by atoms with van der Waals surface area (Å²) in [5, 5.41) is 2.92. The van der Waals surface area contributed by atoms with Crippen LogP contribution >= 0.6 is 0 Å².